The Labute approximate surface area is 167 Å². The third-order valence-electron chi connectivity index (χ3n) is 5.51. The molecule has 7 heteroatoms. The van der Waals surface area contributed by atoms with E-state index in [2.05, 4.69) is 4.98 Å². The molecular formula is C20H23N3O2S2. The molecule has 2 aliphatic rings. The maximum absolute atomic E-state index is 13.0. The number of hydrogen-bond donors (Lipinski definition) is 0. The average Bonchev–Trinajstić information content (AvgIpc) is 3.22. The van der Waals surface area contributed by atoms with Crippen molar-refractivity contribution in [3.63, 3.8) is 0 Å². The van der Waals surface area contributed by atoms with E-state index in [1.165, 1.54) is 11.3 Å². The van der Waals surface area contributed by atoms with Gasteiger partial charge in [-0.25, -0.2) is 4.98 Å². The highest BCUT2D eigenvalue weighted by Crippen LogP contribution is 2.32. The number of hydrogen-bond acceptors (Lipinski definition) is 5. The monoisotopic (exact) mass is 401 g/mol. The average molecular weight is 402 g/mol. The zero-order chi connectivity index (χ0) is 18.8. The molecule has 3 heterocycles. The van der Waals surface area contributed by atoms with Crippen LogP contribution in [0.15, 0.2) is 40.1 Å². The van der Waals surface area contributed by atoms with Gasteiger partial charge in [0, 0.05) is 36.6 Å². The van der Waals surface area contributed by atoms with E-state index in [0.717, 1.165) is 42.3 Å². The van der Waals surface area contributed by atoms with Crippen LogP contribution < -0.4 is 0 Å². The molecule has 1 aromatic carbocycles. The summed E-state index contributed by atoms with van der Waals surface area (Å²) in [6.07, 6.45) is 4.87. The first-order valence-electron chi connectivity index (χ1n) is 9.32. The molecule has 2 aromatic rings. The second-order valence-corrected chi connectivity index (χ2v) is 8.99. The molecule has 2 fully saturated rings. The van der Waals surface area contributed by atoms with Crippen LogP contribution in [0.3, 0.4) is 0 Å². The molecule has 0 radical (unpaired) electrons. The molecule has 0 spiro atoms. The van der Waals surface area contributed by atoms with Gasteiger partial charge in [-0.1, -0.05) is 30.0 Å². The van der Waals surface area contributed by atoms with Crippen LogP contribution in [0, 0.1) is 5.92 Å². The lowest BCUT2D eigenvalue weighted by atomic mass is 9.83. The second kappa shape index (κ2) is 8.02. The van der Waals surface area contributed by atoms with Crippen LogP contribution >= 0.6 is 23.1 Å². The first-order chi connectivity index (χ1) is 13.2. The molecule has 2 atom stereocenters. The van der Waals surface area contributed by atoms with Gasteiger partial charge in [-0.2, -0.15) is 0 Å². The molecule has 1 aromatic heterocycles. The summed E-state index contributed by atoms with van der Waals surface area (Å²) in [6.45, 7) is 2.22. The van der Waals surface area contributed by atoms with Gasteiger partial charge < -0.3 is 9.80 Å². The number of fused-ring (bicyclic) bond motifs is 1. The number of amides is 2. The summed E-state index contributed by atoms with van der Waals surface area (Å²) in [5, 5.41) is 1.87. The highest BCUT2D eigenvalue weighted by Gasteiger charge is 2.40. The zero-order valence-electron chi connectivity index (χ0n) is 15.3. The van der Waals surface area contributed by atoms with Gasteiger partial charge in [-0.05, 0) is 43.6 Å². The molecule has 2 saturated heterocycles. The fourth-order valence-corrected chi connectivity index (χ4v) is 5.44. The summed E-state index contributed by atoms with van der Waals surface area (Å²) in [5.74, 6) is 0.494. The van der Waals surface area contributed by atoms with Crippen molar-refractivity contribution < 1.29 is 9.59 Å². The Kier molecular flexibility index (Phi) is 5.50. The lowest BCUT2D eigenvalue weighted by Gasteiger charge is -2.47. The van der Waals surface area contributed by atoms with E-state index in [-0.39, 0.29) is 17.9 Å². The normalized spacial score (nSPS) is 22.4. The van der Waals surface area contributed by atoms with Crippen molar-refractivity contribution in [2.75, 3.05) is 25.9 Å². The van der Waals surface area contributed by atoms with E-state index >= 15 is 0 Å². The van der Waals surface area contributed by atoms with E-state index in [4.69, 9.17) is 0 Å². The van der Waals surface area contributed by atoms with Gasteiger partial charge in [0.2, 0.25) is 0 Å². The highest BCUT2D eigenvalue weighted by molar-refractivity contribution is 8.00. The smallest absolute Gasteiger partial charge is 0.273 e. The van der Waals surface area contributed by atoms with Crippen molar-refractivity contribution in [1.82, 2.24) is 14.8 Å². The quantitative estimate of drug-likeness (QED) is 0.737. The van der Waals surface area contributed by atoms with Gasteiger partial charge in [-0.15, -0.1) is 11.3 Å². The Morgan fingerprint density at radius 2 is 1.96 bits per heavy atom. The minimum Gasteiger partial charge on any atom is -0.338 e. The fourth-order valence-electron chi connectivity index (χ4n) is 4.20. The number of likely N-dealkylation sites (tertiary alicyclic amines) is 2. The van der Waals surface area contributed by atoms with Gasteiger partial charge >= 0.3 is 0 Å². The van der Waals surface area contributed by atoms with Crippen LogP contribution in [0.2, 0.25) is 0 Å². The number of thioether (sulfide) groups is 1. The third-order valence-corrected chi connectivity index (χ3v) is 7.38. The minimum atomic E-state index is 0.0454. The van der Waals surface area contributed by atoms with Gasteiger partial charge in [0.05, 0.1) is 0 Å². The number of thiazole rings is 1. The van der Waals surface area contributed by atoms with Gasteiger partial charge in [0.1, 0.15) is 10.0 Å². The predicted molar refractivity (Wildman–Crippen MR) is 108 cm³/mol. The molecule has 4 rings (SSSR count). The third kappa shape index (κ3) is 3.75. The minimum absolute atomic E-state index is 0.0454. The number of benzene rings is 1. The van der Waals surface area contributed by atoms with Crippen LogP contribution in [0.1, 0.15) is 40.1 Å². The van der Waals surface area contributed by atoms with E-state index in [0.29, 0.717) is 18.2 Å². The second-order valence-electron chi connectivity index (χ2n) is 7.08. The van der Waals surface area contributed by atoms with Crippen molar-refractivity contribution in [3.05, 3.63) is 47.0 Å². The van der Waals surface area contributed by atoms with Crippen molar-refractivity contribution in [3.8, 4) is 0 Å². The lowest BCUT2D eigenvalue weighted by Crippen LogP contribution is -2.56. The van der Waals surface area contributed by atoms with E-state index in [1.807, 2.05) is 51.8 Å². The molecule has 2 amide bonds. The number of aromatic nitrogens is 1. The van der Waals surface area contributed by atoms with Gasteiger partial charge in [0.25, 0.3) is 11.8 Å². The number of piperidine rings is 2. The van der Waals surface area contributed by atoms with Crippen molar-refractivity contribution in [2.24, 2.45) is 5.92 Å². The van der Waals surface area contributed by atoms with Gasteiger partial charge in [-0.3, -0.25) is 9.59 Å². The summed E-state index contributed by atoms with van der Waals surface area (Å²) in [6, 6.07) is 9.68. The first-order valence-corrected chi connectivity index (χ1v) is 11.4. The topological polar surface area (TPSA) is 53.5 Å². The summed E-state index contributed by atoms with van der Waals surface area (Å²) < 4.78 is 0.926. The molecule has 0 unspecified atom stereocenters. The number of carbonyl (C=O) groups is 2. The molecule has 2 aliphatic heterocycles. The SMILES string of the molecule is CSc1nc(C(=O)N2CCC[C@@H]3CN(C(=O)c4ccccc4)CC[C@@H]32)cs1. The van der Waals surface area contributed by atoms with Crippen LogP contribution in [0.4, 0.5) is 0 Å². The molecule has 0 saturated carbocycles. The molecule has 0 aliphatic carbocycles. The Hall–Kier alpha value is -1.86. The van der Waals surface area contributed by atoms with E-state index in [9.17, 15) is 9.59 Å². The standard InChI is InChI=1S/C20H23N3O2S2/c1-26-20-21-16(13-27-20)19(25)23-10-5-8-15-12-22(11-9-17(15)23)18(24)14-6-3-2-4-7-14/h2-4,6-7,13,15,17H,5,8-12H2,1H3/t15-,17+/m1/s1. The molecule has 27 heavy (non-hydrogen) atoms. The molecule has 0 N–H and O–H groups in total. The molecule has 5 nitrogen and oxygen atoms in total. The Balaban J connectivity index is 1.46. The number of rotatable bonds is 3. The largest absolute Gasteiger partial charge is 0.338 e. The van der Waals surface area contributed by atoms with Crippen molar-refractivity contribution in [1.29, 1.82) is 0 Å². The zero-order valence-corrected chi connectivity index (χ0v) is 17.0. The maximum atomic E-state index is 13.0. The van der Waals surface area contributed by atoms with Crippen LogP contribution in [-0.4, -0.2) is 58.5 Å². The summed E-state index contributed by atoms with van der Waals surface area (Å²) in [4.78, 5) is 34.2. The number of nitrogens with zero attached hydrogens (tertiary/aromatic N) is 3. The Morgan fingerprint density at radius 1 is 1.15 bits per heavy atom. The summed E-state index contributed by atoms with van der Waals surface area (Å²) in [7, 11) is 0. The van der Waals surface area contributed by atoms with Crippen LogP contribution in [0.25, 0.3) is 0 Å². The highest BCUT2D eigenvalue weighted by atomic mass is 32.2. The molecular weight excluding hydrogens is 378 g/mol. The predicted octanol–water partition coefficient (Wildman–Crippen LogP) is 3.63. The Bertz CT molecular complexity index is 824. The van der Waals surface area contributed by atoms with Crippen molar-refractivity contribution >= 4 is 34.9 Å². The van der Waals surface area contributed by atoms with Gasteiger partial charge in [0.15, 0.2) is 0 Å². The fraction of sp³-hybridized carbons (Fsp3) is 0.450. The first kappa shape index (κ1) is 18.5. The Morgan fingerprint density at radius 3 is 2.70 bits per heavy atom. The maximum Gasteiger partial charge on any atom is 0.273 e. The summed E-state index contributed by atoms with van der Waals surface area (Å²) in [5.41, 5.74) is 1.31. The molecule has 142 valence electrons. The van der Waals surface area contributed by atoms with Crippen LogP contribution in [0.5, 0.6) is 0 Å². The lowest BCUT2D eigenvalue weighted by molar-refractivity contribution is 0.0194. The van der Waals surface area contributed by atoms with E-state index in [1.54, 1.807) is 11.8 Å². The van der Waals surface area contributed by atoms with Crippen LogP contribution in [-0.2, 0) is 0 Å². The molecule has 0 bridgehead atoms. The number of carbonyl (C=O) groups excluding carboxylic acids is 2. The van der Waals surface area contributed by atoms with E-state index < -0.39 is 0 Å². The van der Waals surface area contributed by atoms with Crippen molar-refractivity contribution in [2.45, 2.75) is 29.6 Å². The summed E-state index contributed by atoms with van der Waals surface area (Å²) >= 11 is 3.09.